The van der Waals surface area contributed by atoms with E-state index in [9.17, 15) is 0 Å². The van der Waals surface area contributed by atoms with Crippen LogP contribution in [0.4, 0.5) is 0 Å². The van der Waals surface area contributed by atoms with Crippen molar-refractivity contribution in [1.29, 1.82) is 0 Å². The first-order valence-electron chi connectivity index (χ1n) is 7.51. The molecule has 0 aromatic rings. The minimum absolute atomic E-state index is 0.564. The lowest BCUT2D eigenvalue weighted by molar-refractivity contribution is 0.207. The standard InChI is InChI=1S/C14H27N3S/c1-3-8-17-9-5-13(6-10-17)16-14-15-12(4-2)7-11-18-14/h12-13H,3-11H2,1-2H3,(H,15,16). The van der Waals surface area contributed by atoms with Gasteiger partial charge in [-0.25, -0.2) is 0 Å². The summed E-state index contributed by atoms with van der Waals surface area (Å²) in [6, 6.07) is 1.22. The number of nitrogens with zero attached hydrogens (tertiary/aromatic N) is 2. The molecule has 3 nitrogen and oxygen atoms in total. The van der Waals surface area contributed by atoms with Crippen molar-refractivity contribution >= 4 is 16.9 Å². The fraction of sp³-hybridized carbons (Fsp3) is 0.929. The highest BCUT2D eigenvalue weighted by Gasteiger charge is 2.21. The van der Waals surface area contributed by atoms with Crippen LogP contribution in [0.15, 0.2) is 4.99 Å². The van der Waals surface area contributed by atoms with Crippen LogP contribution >= 0.6 is 11.8 Å². The highest BCUT2D eigenvalue weighted by molar-refractivity contribution is 8.13. The number of amidine groups is 1. The number of likely N-dealkylation sites (tertiary alicyclic amines) is 1. The maximum atomic E-state index is 4.80. The van der Waals surface area contributed by atoms with Crippen molar-refractivity contribution in [3.8, 4) is 0 Å². The molecule has 2 heterocycles. The van der Waals surface area contributed by atoms with E-state index in [-0.39, 0.29) is 0 Å². The van der Waals surface area contributed by atoms with Crippen molar-refractivity contribution in [2.45, 2.75) is 58.0 Å². The van der Waals surface area contributed by atoms with Gasteiger partial charge in [0.15, 0.2) is 5.17 Å². The quantitative estimate of drug-likeness (QED) is 0.850. The number of hydrogen-bond acceptors (Lipinski definition) is 4. The summed E-state index contributed by atoms with van der Waals surface area (Å²) in [7, 11) is 0. The molecule has 1 saturated heterocycles. The van der Waals surface area contributed by atoms with Gasteiger partial charge in [0.25, 0.3) is 0 Å². The molecule has 1 fully saturated rings. The van der Waals surface area contributed by atoms with Crippen LogP contribution in [0, 0.1) is 0 Å². The van der Waals surface area contributed by atoms with E-state index >= 15 is 0 Å². The van der Waals surface area contributed by atoms with Crippen molar-refractivity contribution in [3.05, 3.63) is 0 Å². The lowest BCUT2D eigenvalue weighted by Gasteiger charge is -2.33. The van der Waals surface area contributed by atoms with E-state index in [4.69, 9.17) is 4.99 Å². The first kappa shape index (κ1) is 14.2. The van der Waals surface area contributed by atoms with E-state index in [0.29, 0.717) is 12.1 Å². The molecule has 0 spiro atoms. The van der Waals surface area contributed by atoms with E-state index in [1.165, 1.54) is 62.7 Å². The lowest BCUT2D eigenvalue weighted by Crippen LogP contribution is -2.44. The third kappa shape index (κ3) is 4.16. The Morgan fingerprint density at radius 1 is 1.28 bits per heavy atom. The molecule has 0 aliphatic carbocycles. The molecule has 1 atom stereocenters. The maximum absolute atomic E-state index is 4.80. The zero-order valence-corrected chi connectivity index (χ0v) is 12.6. The van der Waals surface area contributed by atoms with Crippen molar-refractivity contribution in [1.82, 2.24) is 10.2 Å². The second-order valence-corrected chi connectivity index (χ2v) is 6.48. The highest BCUT2D eigenvalue weighted by atomic mass is 32.2. The molecule has 0 radical (unpaired) electrons. The average Bonchev–Trinajstić information content (AvgIpc) is 2.42. The SMILES string of the molecule is CCCN1CCC(NC2=NC(CC)CCS2)CC1. The van der Waals surface area contributed by atoms with Crippen molar-refractivity contribution in [3.63, 3.8) is 0 Å². The Hall–Kier alpha value is -0.220. The number of nitrogens with one attached hydrogen (secondary N) is 1. The minimum Gasteiger partial charge on any atom is -0.362 e. The fourth-order valence-corrected chi connectivity index (χ4v) is 3.78. The smallest absolute Gasteiger partial charge is 0.157 e. The summed E-state index contributed by atoms with van der Waals surface area (Å²) in [6.07, 6.45) is 6.26. The van der Waals surface area contributed by atoms with Gasteiger partial charge >= 0.3 is 0 Å². The van der Waals surface area contributed by atoms with Crippen LogP contribution in [-0.2, 0) is 0 Å². The summed E-state index contributed by atoms with van der Waals surface area (Å²) in [4.78, 5) is 7.39. The summed E-state index contributed by atoms with van der Waals surface area (Å²) in [5, 5.41) is 4.88. The van der Waals surface area contributed by atoms with Gasteiger partial charge in [0.1, 0.15) is 0 Å². The van der Waals surface area contributed by atoms with Crippen LogP contribution in [0.25, 0.3) is 0 Å². The molecule has 0 bridgehead atoms. The topological polar surface area (TPSA) is 27.6 Å². The van der Waals surface area contributed by atoms with Crippen LogP contribution in [-0.4, -0.2) is 47.5 Å². The van der Waals surface area contributed by atoms with Gasteiger partial charge in [0.05, 0.1) is 6.04 Å². The lowest BCUT2D eigenvalue weighted by atomic mass is 10.1. The van der Waals surface area contributed by atoms with Gasteiger partial charge in [0.2, 0.25) is 0 Å². The van der Waals surface area contributed by atoms with Crippen LogP contribution in [0.1, 0.15) is 46.0 Å². The molecule has 1 unspecified atom stereocenters. The molecular formula is C14H27N3S. The van der Waals surface area contributed by atoms with E-state index in [1.54, 1.807) is 0 Å². The summed E-state index contributed by atoms with van der Waals surface area (Å²) in [5.74, 6) is 1.24. The zero-order chi connectivity index (χ0) is 12.8. The molecule has 0 aromatic heterocycles. The second kappa shape index (κ2) is 7.39. The number of aliphatic imine (C=N–C) groups is 1. The number of thioether (sulfide) groups is 1. The van der Waals surface area contributed by atoms with E-state index in [0.717, 1.165) is 0 Å². The molecule has 2 rings (SSSR count). The average molecular weight is 269 g/mol. The van der Waals surface area contributed by atoms with Gasteiger partial charge in [-0.1, -0.05) is 25.6 Å². The van der Waals surface area contributed by atoms with Crippen LogP contribution in [0.3, 0.4) is 0 Å². The Morgan fingerprint density at radius 3 is 2.72 bits per heavy atom. The van der Waals surface area contributed by atoms with E-state index < -0.39 is 0 Å². The maximum Gasteiger partial charge on any atom is 0.157 e. The Kier molecular flexibility index (Phi) is 5.83. The molecule has 0 amide bonds. The summed E-state index contributed by atoms with van der Waals surface area (Å²) in [5.41, 5.74) is 0. The largest absolute Gasteiger partial charge is 0.362 e. The van der Waals surface area contributed by atoms with E-state index in [2.05, 4.69) is 24.1 Å². The summed E-state index contributed by atoms with van der Waals surface area (Å²) in [6.45, 7) is 8.27. The Morgan fingerprint density at radius 2 is 2.06 bits per heavy atom. The first-order valence-corrected chi connectivity index (χ1v) is 8.49. The Balaban J connectivity index is 1.75. The van der Waals surface area contributed by atoms with Crippen molar-refractivity contribution in [2.24, 2.45) is 4.99 Å². The summed E-state index contributed by atoms with van der Waals surface area (Å²) < 4.78 is 0. The third-order valence-electron chi connectivity index (χ3n) is 3.92. The first-order chi connectivity index (χ1) is 8.81. The zero-order valence-electron chi connectivity index (χ0n) is 11.8. The summed E-state index contributed by atoms with van der Waals surface area (Å²) >= 11 is 1.91. The molecule has 4 heteroatoms. The molecule has 18 heavy (non-hydrogen) atoms. The monoisotopic (exact) mass is 269 g/mol. The number of hydrogen-bond donors (Lipinski definition) is 1. The highest BCUT2D eigenvalue weighted by Crippen LogP contribution is 2.20. The van der Waals surface area contributed by atoms with Crippen molar-refractivity contribution in [2.75, 3.05) is 25.4 Å². The predicted octanol–water partition coefficient (Wildman–Crippen LogP) is 2.72. The number of piperidine rings is 1. The number of rotatable bonds is 4. The van der Waals surface area contributed by atoms with Gasteiger partial charge in [-0.05, 0) is 38.6 Å². The van der Waals surface area contributed by atoms with Gasteiger partial charge in [-0.15, -0.1) is 0 Å². The van der Waals surface area contributed by atoms with Crippen LogP contribution < -0.4 is 5.32 Å². The molecule has 104 valence electrons. The van der Waals surface area contributed by atoms with Gasteiger partial charge in [-0.3, -0.25) is 4.99 Å². The molecule has 2 aliphatic heterocycles. The van der Waals surface area contributed by atoms with Crippen molar-refractivity contribution < 1.29 is 0 Å². The third-order valence-corrected chi connectivity index (χ3v) is 4.85. The second-order valence-electron chi connectivity index (χ2n) is 5.39. The van der Waals surface area contributed by atoms with Gasteiger partial charge < -0.3 is 10.2 Å². The van der Waals surface area contributed by atoms with E-state index in [1.807, 2.05) is 11.8 Å². The molecule has 1 N–H and O–H groups in total. The normalized spacial score (nSPS) is 27.0. The predicted molar refractivity (Wildman–Crippen MR) is 81.5 cm³/mol. The molecule has 0 saturated carbocycles. The molecular weight excluding hydrogens is 242 g/mol. The fourth-order valence-electron chi connectivity index (χ4n) is 2.73. The van der Waals surface area contributed by atoms with Crippen LogP contribution in [0.2, 0.25) is 0 Å². The van der Waals surface area contributed by atoms with Crippen LogP contribution in [0.5, 0.6) is 0 Å². The Labute approximate surface area is 116 Å². The molecule has 0 aromatic carbocycles. The van der Waals surface area contributed by atoms with Gasteiger partial charge in [-0.2, -0.15) is 0 Å². The minimum atomic E-state index is 0.564. The Bertz CT molecular complexity index is 272. The molecule has 2 aliphatic rings. The van der Waals surface area contributed by atoms with Gasteiger partial charge in [0, 0.05) is 24.9 Å².